The molecule has 0 aliphatic carbocycles. The lowest BCUT2D eigenvalue weighted by molar-refractivity contribution is -0.121. The minimum absolute atomic E-state index is 0.00557. The Morgan fingerprint density at radius 3 is 2.41 bits per heavy atom. The van der Waals surface area contributed by atoms with Gasteiger partial charge >= 0.3 is 0 Å². The van der Waals surface area contributed by atoms with Crippen LogP contribution in [0.1, 0.15) is 66.2 Å². The first-order valence-electron chi connectivity index (χ1n) is 9.50. The highest BCUT2D eigenvalue weighted by molar-refractivity contribution is 5.98. The molecule has 2 aromatic rings. The van der Waals surface area contributed by atoms with Gasteiger partial charge in [-0.15, -0.1) is 0 Å². The summed E-state index contributed by atoms with van der Waals surface area (Å²) in [5.41, 5.74) is 3.93. The fraction of sp³-hybridized carbons (Fsp3) is 0.391. The van der Waals surface area contributed by atoms with E-state index in [0.29, 0.717) is 5.56 Å². The Kier molecular flexibility index (Phi) is 7.59. The highest BCUT2D eigenvalue weighted by Gasteiger charge is 2.15. The van der Waals surface area contributed by atoms with Gasteiger partial charge in [-0.3, -0.25) is 9.59 Å². The summed E-state index contributed by atoms with van der Waals surface area (Å²) in [4.78, 5) is 24.6. The van der Waals surface area contributed by atoms with Gasteiger partial charge in [0.15, 0.2) is 5.78 Å². The van der Waals surface area contributed by atoms with Crippen LogP contribution < -0.4 is 10.1 Å². The molecule has 1 amide bonds. The monoisotopic (exact) mass is 367 g/mol. The molecular weight excluding hydrogens is 338 g/mol. The summed E-state index contributed by atoms with van der Waals surface area (Å²) in [5.74, 6) is 0.604. The molecule has 0 saturated heterocycles. The van der Waals surface area contributed by atoms with Crippen molar-refractivity contribution in [2.45, 2.75) is 52.5 Å². The summed E-state index contributed by atoms with van der Waals surface area (Å²) >= 11 is 0. The Morgan fingerprint density at radius 2 is 1.78 bits per heavy atom. The molecule has 2 aromatic carbocycles. The zero-order chi connectivity index (χ0) is 19.8. The lowest BCUT2D eigenvalue weighted by Gasteiger charge is -2.18. The van der Waals surface area contributed by atoms with E-state index in [1.54, 1.807) is 7.11 Å². The molecule has 0 unspecified atom stereocenters. The topological polar surface area (TPSA) is 55.4 Å². The summed E-state index contributed by atoms with van der Waals surface area (Å²) in [6.45, 7) is 6.05. The highest BCUT2D eigenvalue weighted by Crippen LogP contribution is 2.26. The standard InChI is InChI=1S/C23H29NO3/c1-5-6-18-8-10-19(11-9-18)21(25)12-14-23(26)24-17(3)20-15-16(2)7-13-22(20)27-4/h7-11,13,15,17H,5-6,12,14H2,1-4H3,(H,24,26)/t17-/m0/s1. The minimum atomic E-state index is -0.184. The number of ether oxygens (including phenoxy) is 1. The molecule has 1 N–H and O–H groups in total. The number of benzene rings is 2. The van der Waals surface area contributed by atoms with Gasteiger partial charge in [-0.25, -0.2) is 0 Å². The smallest absolute Gasteiger partial charge is 0.220 e. The van der Waals surface area contributed by atoms with E-state index in [0.717, 1.165) is 29.7 Å². The second-order valence-corrected chi connectivity index (χ2v) is 6.90. The zero-order valence-corrected chi connectivity index (χ0v) is 16.7. The average Bonchev–Trinajstić information content (AvgIpc) is 2.67. The van der Waals surface area contributed by atoms with Crippen molar-refractivity contribution in [2.75, 3.05) is 7.11 Å². The maximum absolute atomic E-state index is 12.3. The molecule has 0 aliphatic rings. The Bertz CT molecular complexity index is 781. The summed E-state index contributed by atoms with van der Waals surface area (Å²) in [5, 5.41) is 2.96. The molecule has 4 nitrogen and oxygen atoms in total. The molecular formula is C23H29NO3. The van der Waals surface area contributed by atoms with Crippen LogP contribution in [-0.2, 0) is 11.2 Å². The van der Waals surface area contributed by atoms with Crippen LogP contribution in [0.4, 0.5) is 0 Å². The van der Waals surface area contributed by atoms with Crippen molar-refractivity contribution in [3.63, 3.8) is 0 Å². The average molecular weight is 367 g/mol. The van der Waals surface area contributed by atoms with Crippen LogP contribution in [0.3, 0.4) is 0 Å². The predicted octanol–water partition coefficient (Wildman–Crippen LogP) is 4.80. The highest BCUT2D eigenvalue weighted by atomic mass is 16.5. The summed E-state index contributed by atoms with van der Waals surface area (Å²) in [6, 6.07) is 13.4. The lowest BCUT2D eigenvalue weighted by Crippen LogP contribution is -2.27. The van der Waals surface area contributed by atoms with E-state index < -0.39 is 0 Å². The number of nitrogens with one attached hydrogen (secondary N) is 1. The molecule has 0 aromatic heterocycles. The van der Waals surface area contributed by atoms with Gasteiger partial charge in [0, 0.05) is 24.0 Å². The molecule has 1 atom stereocenters. The van der Waals surface area contributed by atoms with E-state index in [4.69, 9.17) is 4.74 Å². The van der Waals surface area contributed by atoms with E-state index >= 15 is 0 Å². The number of ketones is 1. The number of hydrogen-bond acceptors (Lipinski definition) is 3. The molecule has 144 valence electrons. The molecule has 0 saturated carbocycles. The molecule has 0 fully saturated rings. The van der Waals surface area contributed by atoms with Gasteiger partial charge in [0.25, 0.3) is 0 Å². The van der Waals surface area contributed by atoms with Crippen LogP contribution in [0.25, 0.3) is 0 Å². The van der Waals surface area contributed by atoms with Crippen LogP contribution in [0.15, 0.2) is 42.5 Å². The van der Waals surface area contributed by atoms with Crippen LogP contribution in [0.2, 0.25) is 0 Å². The molecule has 0 heterocycles. The first-order valence-corrected chi connectivity index (χ1v) is 9.50. The van der Waals surface area contributed by atoms with Crippen molar-refractivity contribution in [3.05, 3.63) is 64.7 Å². The number of rotatable bonds is 9. The van der Waals surface area contributed by atoms with Crippen molar-refractivity contribution in [3.8, 4) is 5.75 Å². The van der Waals surface area contributed by atoms with Gasteiger partial charge in [-0.05, 0) is 31.9 Å². The third-order valence-corrected chi connectivity index (χ3v) is 4.62. The predicted molar refractivity (Wildman–Crippen MR) is 108 cm³/mol. The van der Waals surface area contributed by atoms with Crippen molar-refractivity contribution < 1.29 is 14.3 Å². The Hall–Kier alpha value is -2.62. The number of aryl methyl sites for hydroxylation is 2. The normalized spacial score (nSPS) is 11.7. The maximum Gasteiger partial charge on any atom is 0.220 e. The molecule has 0 aliphatic heterocycles. The van der Waals surface area contributed by atoms with Crippen molar-refractivity contribution in [2.24, 2.45) is 0 Å². The quantitative estimate of drug-likeness (QED) is 0.648. The maximum atomic E-state index is 12.3. The van der Waals surface area contributed by atoms with Crippen LogP contribution in [0.5, 0.6) is 5.75 Å². The number of Topliss-reactive ketones (excluding diaryl/α,β-unsaturated/α-hetero) is 1. The van der Waals surface area contributed by atoms with Crippen LogP contribution >= 0.6 is 0 Å². The molecule has 0 bridgehead atoms. The van der Waals surface area contributed by atoms with Gasteiger partial charge in [-0.1, -0.05) is 55.3 Å². The summed E-state index contributed by atoms with van der Waals surface area (Å²) in [6.07, 6.45) is 2.47. The summed E-state index contributed by atoms with van der Waals surface area (Å²) in [7, 11) is 1.62. The molecule has 2 rings (SSSR count). The molecule has 0 spiro atoms. The van der Waals surface area contributed by atoms with E-state index in [1.165, 1.54) is 5.56 Å². The van der Waals surface area contributed by atoms with Gasteiger partial charge < -0.3 is 10.1 Å². The fourth-order valence-corrected chi connectivity index (χ4v) is 3.10. The van der Waals surface area contributed by atoms with E-state index in [-0.39, 0.29) is 30.6 Å². The van der Waals surface area contributed by atoms with Gasteiger partial charge in [0.1, 0.15) is 5.75 Å². The first-order chi connectivity index (χ1) is 12.9. The molecule has 0 radical (unpaired) electrons. The number of methoxy groups -OCH3 is 1. The third kappa shape index (κ3) is 5.95. The van der Waals surface area contributed by atoms with E-state index in [1.807, 2.05) is 56.3 Å². The first kappa shape index (κ1) is 20.7. The SMILES string of the molecule is CCCc1ccc(C(=O)CCC(=O)N[C@@H](C)c2cc(C)ccc2OC)cc1. The van der Waals surface area contributed by atoms with Crippen molar-refractivity contribution >= 4 is 11.7 Å². The van der Waals surface area contributed by atoms with E-state index in [2.05, 4.69) is 12.2 Å². The Balaban J connectivity index is 1.90. The Morgan fingerprint density at radius 1 is 1.07 bits per heavy atom. The number of amides is 1. The summed E-state index contributed by atoms with van der Waals surface area (Å²) < 4.78 is 5.38. The van der Waals surface area contributed by atoms with Crippen LogP contribution in [-0.4, -0.2) is 18.8 Å². The third-order valence-electron chi connectivity index (χ3n) is 4.62. The second kappa shape index (κ2) is 9.91. The van der Waals surface area contributed by atoms with Gasteiger partial charge in [0.2, 0.25) is 5.91 Å². The number of carbonyl (C=O) groups excluding carboxylic acids is 2. The fourth-order valence-electron chi connectivity index (χ4n) is 3.10. The van der Waals surface area contributed by atoms with Gasteiger partial charge in [-0.2, -0.15) is 0 Å². The number of hydrogen-bond donors (Lipinski definition) is 1. The van der Waals surface area contributed by atoms with E-state index in [9.17, 15) is 9.59 Å². The number of carbonyl (C=O) groups is 2. The minimum Gasteiger partial charge on any atom is -0.496 e. The Labute approximate surface area is 161 Å². The largest absolute Gasteiger partial charge is 0.496 e. The molecule has 4 heteroatoms. The molecule has 27 heavy (non-hydrogen) atoms. The second-order valence-electron chi connectivity index (χ2n) is 6.90. The van der Waals surface area contributed by atoms with Gasteiger partial charge in [0.05, 0.1) is 13.2 Å². The zero-order valence-electron chi connectivity index (χ0n) is 16.7. The van der Waals surface area contributed by atoms with Crippen LogP contribution in [0, 0.1) is 6.92 Å². The lowest BCUT2D eigenvalue weighted by atomic mass is 10.0. The van der Waals surface area contributed by atoms with Crippen molar-refractivity contribution in [1.82, 2.24) is 5.32 Å². The van der Waals surface area contributed by atoms with Crippen molar-refractivity contribution in [1.29, 1.82) is 0 Å².